The quantitative estimate of drug-likeness (QED) is 0.840. The molecule has 5 heteroatoms. The largest absolute Gasteiger partial charge is 0.495 e. The van der Waals surface area contributed by atoms with Gasteiger partial charge in [0.1, 0.15) is 5.75 Å². The van der Waals surface area contributed by atoms with Crippen LogP contribution in [0.1, 0.15) is 18.0 Å². The zero-order valence-corrected chi connectivity index (χ0v) is 10.2. The van der Waals surface area contributed by atoms with Crippen LogP contribution in [0.2, 0.25) is 0 Å². The highest BCUT2D eigenvalue weighted by atomic mass is 16.5. The van der Waals surface area contributed by atoms with Gasteiger partial charge in [-0.25, -0.2) is 4.79 Å². The van der Waals surface area contributed by atoms with Crippen LogP contribution in [0.5, 0.6) is 5.75 Å². The van der Waals surface area contributed by atoms with Crippen molar-refractivity contribution in [2.75, 3.05) is 25.6 Å². The molecule has 0 radical (unpaired) electrons. The Morgan fingerprint density at radius 1 is 1.44 bits per heavy atom. The molecule has 1 fully saturated rings. The van der Waals surface area contributed by atoms with Gasteiger partial charge < -0.3 is 20.1 Å². The number of amides is 2. The summed E-state index contributed by atoms with van der Waals surface area (Å²) in [5, 5.41) is 5.80. The summed E-state index contributed by atoms with van der Waals surface area (Å²) < 4.78 is 10.7. The maximum atomic E-state index is 11.7. The van der Waals surface area contributed by atoms with Crippen LogP contribution in [0.25, 0.3) is 0 Å². The smallest absolute Gasteiger partial charge is 0.319 e. The van der Waals surface area contributed by atoms with Gasteiger partial charge >= 0.3 is 6.03 Å². The van der Waals surface area contributed by atoms with Gasteiger partial charge in [0.2, 0.25) is 0 Å². The van der Waals surface area contributed by atoms with E-state index in [1.54, 1.807) is 7.11 Å². The molecule has 1 aromatic rings. The van der Waals surface area contributed by atoms with Crippen molar-refractivity contribution in [2.45, 2.75) is 12.5 Å². The number of ether oxygens (including phenoxy) is 2. The van der Waals surface area contributed by atoms with Gasteiger partial charge in [-0.1, -0.05) is 12.1 Å². The Bertz CT molecular complexity index is 469. The van der Waals surface area contributed by atoms with Crippen molar-refractivity contribution in [1.29, 1.82) is 0 Å². The van der Waals surface area contributed by atoms with Crippen molar-refractivity contribution in [1.82, 2.24) is 5.32 Å². The van der Waals surface area contributed by atoms with Crippen LogP contribution in [-0.2, 0) is 4.74 Å². The fraction of sp³-hybridized carbons (Fsp3) is 0.462. The molecule has 0 saturated carbocycles. The molecule has 2 unspecified atom stereocenters. The summed E-state index contributed by atoms with van der Waals surface area (Å²) in [5.41, 5.74) is 1.85. The van der Waals surface area contributed by atoms with E-state index in [4.69, 9.17) is 9.47 Å². The zero-order chi connectivity index (χ0) is 12.5. The average Bonchev–Trinajstić information content (AvgIpc) is 2.90. The minimum Gasteiger partial charge on any atom is -0.495 e. The number of hydrogen-bond donors (Lipinski definition) is 2. The van der Waals surface area contributed by atoms with Crippen molar-refractivity contribution < 1.29 is 14.3 Å². The fourth-order valence-electron chi connectivity index (χ4n) is 2.67. The third-order valence-corrected chi connectivity index (χ3v) is 3.57. The Morgan fingerprint density at radius 3 is 3.06 bits per heavy atom. The SMILES string of the molecule is COc1cccc2c1NC(=O)NC2C1CCOC1. The minimum atomic E-state index is -0.177. The number of methoxy groups -OCH3 is 1. The molecule has 2 atom stereocenters. The summed E-state index contributed by atoms with van der Waals surface area (Å²) >= 11 is 0. The Morgan fingerprint density at radius 2 is 2.33 bits per heavy atom. The van der Waals surface area contributed by atoms with Gasteiger partial charge in [0, 0.05) is 18.1 Å². The maximum absolute atomic E-state index is 11.7. The summed E-state index contributed by atoms with van der Waals surface area (Å²) in [7, 11) is 1.61. The van der Waals surface area contributed by atoms with E-state index < -0.39 is 0 Å². The number of carbonyl (C=O) groups excluding carboxylic acids is 1. The first-order valence-electron chi connectivity index (χ1n) is 6.12. The van der Waals surface area contributed by atoms with E-state index >= 15 is 0 Å². The second-order valence-corrected chi connectivity index (χ2v) is 4.62. The second kappa shape index (κ2) is 4.49. The highest BCUT2D eigenvalue weighted by Gasteiger charge is 2.34. The molecule has 2 heterocycles. The standard InChI is InChI=1S/C13H16N2O3/c1-17-10-4-2-3-9-11(8-5-6-18-7-8)14-13(16)15-12(9)10/h2-4,8,11H,5-7H2,1H3,(H2,14,15,16). The average molecular weight is 248 g/mol. The van der Waals surface area contributed by atoms with E-state index in [0.29, 0.717) is 18.3 Å². The monoisotopic (exact) mass is 248 g/mol. The lowest BCUT2D eigenvalue weighted by Crippen LogP contribution is -2.41. The number of urea groups is 1. The van der Waals surface area contributed by atoms with Crippen LogP contribution in [0.15, 0.2) is 18.2 Å². The van der Waals surface area contributed by atoms with E-state index in [1.165, 1.54) is 0 Å². The van der Waals surface area contributed by atoms with Crippen molar-refractivity contribution in [3.8, 4) is 5.75 Å². The molecule has 2 amide bonds. The molecule has 2 aliphatic heterocycles. The Balaban J connectivity index is 2.01. The molecule has 1 saturated heterocycles. The van der Waals surface area contributed by atoms with Crippen molar-refractivity contribution in [3.05, 3.63) is 23.8 Å². The molecule has 0 aliphatic carbocycles. The summed E-state index contributed by atoms with van der Waals surface area (Å²) in [5.74, 6) is 1.04. The van der Waals surface area contributed by atoms with Gasteiger partial charge in [0.05, 0.1) is 25.4 Å². The predicted octanol–water partition coefficient (Wildman–Crippen LogP) is 1.91. The Hall–Kier alpha value is -1.75. The van der Waals surface area contributed by atoms with Crippen LogP contribution in [0.3, 0.4) is 0 Å². The maximum Gasteiger partial charge on any atom is 0.319 e. The van der Waals surface area contributed by atoms with Crippen molar-refractivity contribution >= 4 is 11.7 Å². The Labute approximate surface area is 105 Å². The lowest BCUT2D eigenvalue weighted by molar-refractivity contribution is 0.176. The topological polar surface area (TPSA) is 59.6 Å². The molecular weight excluding hydrogens is 232 g/mol. The lowest BCUT2D eigenvalue weighted by Gasteiger charge is -2.31. The molecule has 0 bridgehead atoms. The highest BCUT2D eigenvalue weighted by molar-refractivity contribution is 5.95. The second-order valence-electron chi connectivity index (χ2n) is 4.62. The fourth-order valence-corrected chi connectivity index (χ4v) is 2.67. The van der Waals surface area contributed by atoms with Crippen LogP contribution in [-0.4, -0.2) is 26.4 Å². The van der Waals surface area contributed by atoms with E-state index in [0.717, 1.165) is 24.3 Å². The third kappa shape index (κ3) is 1.80. The number of anilines is 1. The minimum absolute atomic E-state index is 0.00588. The summed E-state index contributed by atoms with van der Waals surface area (Å²) in [6.45, 7) is 1.46. The van der Waals surface area contributed by atoms with Gasteiger partial charge in [-0.2, -0.15) is 0 Å². The molecule has 0 spiro atoms. The van der Waals surface area contributed by atoms with E-state index in [2.05, 4.69) is 10.6 Å². The number of hydrogen-bond acceptors (Lipinski definition) is 3. The van der Waals surface area contributed by atoms with E-state index in [1.807, 2.05) is 18.2 Å². The van der Waals surface area contributed by atoms with E-state index in [9.17, 15) is 4.79 Å². The molecule has 2 aliphatic rings. The molecule has 96 valence electrons. The zero-order valence-electron chi connectivity index (χ0n) is 10.2. The summed E-state index contributed by atoms with van der Waals surface area (Å²) in [6.07, 6.45) is 0.974. The van der Waals surface area contributed by atoms with E-state index in [-0.39, 0.29) is 12.1 Å². The number of carbonyl (C=O) groups is 1. The first-order chi connectivity index (χ1) is 8.79. The summed E-state index contributed by atoms with van der Waals surface area (Å²) in [6, 6.07) is 5.65. The number of benzene rings is 1. The number of para-hydroxylation sites is 1. The lowest BCUT2D eigenvalue weighted by atomic mass is 9.90. The van der Waals surface area contributed by atoms with Gasteiger partial charge in [-0.05, 0) is 12.5 Å². The van der Waals surface area contributed by atoms with Gasteiger partial charge in [0.15, 0.2) is 0 Å². The van der Waals surface area contributed by atoms with Crippen molar-refractivity contribution in [2.24, 2.45) is 5.92 Å². The molecule has 18 heavy (non-hydrogen) atoms. The molecule has 3 rings (SSSR count). The number of rotatable bonds is 2. The molecule has 5 nitrogen and oxygen atoms in total. The normalized spacial score (nSPS) is 26.2. The first-order valence-corrected chi connectivity index (χ1v) is 6.12. The molecule has 1 aromatic carbocycles. The first kappa shape index (κ1) is 11.3. The van der Waals surface area contributed by atoms with Crippen LogP contribution in [0, 0.1) is 5.92 Å². The third-order valence-electron chi connectivity index (χ3n) is 3.57. The predicted molar refractivity (Wildman–Crippen MR) is 66.8 cm³/mol. The van der Waals surface area contributed by atoms with Gasteiger partial charge in [0.25, 0.3) is 0 Å². The van der Waals surface area contributed by atoms with Crippen molar-refractivity contribution in [3.63, 3.8) is 0 Å². The van der Waals surface area contributed by atoms with Crippen LogP contribution in [0.4, 0.5) is 10.5 Å². The van der Waals surface area contributed by atoms with Gasteiger partial charge in [-0.15, -0.1) is 0 Å². The molecule has 2 N–H and O–H groups in total. The van der Waals surface area contributed by atoms with Crippen LogP contribution >= 0.6 is 0 Å². The molecular formula is C13H16N2O3. The highest BCUT2D eigenvalue weighted by Crippen LogP contribution is 2.39. The van der Waals surface area contributed by atoms with Gasteiger partial charge in [-0.3, -0.25) is 0 Å². The number of fused-ring (bicyclic) bond motifs is 1. The summed E-state index contributed by atoms with van der Waals surface area (Å²) in [4.78, 5) is 11.7. The van der Waals surface area contributed by atoms with Crippen LogP contribution < -0.4 is 15.4 Å². The molecule has 0 aromatic heterocycles. The number of nitrogens with one attached hydrogen (secondary N) is 2. The Kier molecular flexibility index (Phi) is 2.83.